The Labute approximate surface area is 101 Å². The third-order valence-corrected chi connectivity index (χ3v) is 2.26. The van der Waals surface area contributed by atoms with Gasteiger partial charge in [-0.15, -0.1) is 0 Å². The lowest BCUT2D eigenvalue weighted by Crippen LogP contribution is -2.12. The maximum Gasteiger partial charge on any atom is 0.158 e. The summed E-state index contributed by atoms with van der Waals surface area (Å²) < 4.78 is 10.5. The zero-order chi connectivity index (χ0) is 12.5. The lowest BCUT2D eigenvalue weighted by molar-refractivity contribution is -0.123. The Bertz CT molecular complexity index is 332. The SMILES string of the molecule is CCC(=O)COCCOc1ccc(CO)cc1. The summed E-state index contributed by atoms with van der Waals surface area (Å²) in [6.07, 6.45) is 0.503. The molecular weight excluding hydrogens is 220 g/mol. The van der Waals surface area contributed by atoms with E-state index >= 15 is 0 Å². The Kier molecular flexibility index (Phi) is 6.29. The molecule has 0 saturated heterocycles. The van der Waals surface area contributed by atoms with Crippen LogP contribution in [-0.2, 0) is 16.1 Å². The van der Waals surface area contributed by atoms with Gasteiger partial charge in [-0.3, -0.25) is 4.79 Å². The molecule has 0 fully saturated rings. The van der Waals surface area contributed by atoms with Crippen molar-refractivity contribution in [3.8, 4) is 5.75 Å². The second kappa shape index (κ2) is 7.81. The molecule has 0 radical (unpaired) electrons. The fourth-order valence-corrected chi connectivity index (χ4v) is 1.20. The van der Waals surface area contributed by atoms with Gasteiger partial charge < -0.3 is 14.6 Å². The minimum Gasteiger partial charge on any atom is -0.491 e. The first-order valence-corrected chi connectivity index (χ1v) is 5.68. The summed E-state index contributed by atoms with van der Waals surface area (Å²) in [7, 11) is 0. The summed E-state index contributed by atoms with van der Waals surface area (Å²) in [6, 6.07) is 7.19. The molecule has 0 aromatic heterocycles. The lowest BCUT2D eigenvalue weighted by atomic mass is 10.2. The van der Waals surface area contributed by atoms with Crippen molar-refractivity contribution in [2.75, 3.05) is 19.8 Å². The van der Waals surface area contributed by atoms with Crippen LogP contribution in [0.5, 0.6) is 5.75 Å². The Balaban J connectivity index is 2.15. The van der Waals surface area contributed by atoms with E-state index < -0.39 is 0 Å². The molecular formula is C13H18O4. The first-order chi connectivity index (χ1) is 8.26. The van der Waals surface area contributed by atoms with Gasteiger partial charge >= 0.3 is 0 Å². The van der Waals surface area contributed by atoms with E-state index in [-0.39, 0.29) is 19.0 Å². The number of carbonyl (C=O) groups excluding carboxylic acids is 1. The molecule has 0 aliphatic carbocycles. The number of benzene rings is 1. The number of rotatable bonds is 8. The number of aliphatic hydroxyl groups is 1. The molecule has 0 spiro atoms. The van der Waals surface area contributed by atoms with E-state index in [1.807, 2.05) is 6.92 Å². The van der Waals surface area contributed by atoms with Gasteiger partial charge in [0.15, 0.2) is 5.78 Å². The monoisotopic (exact) mass is 238 g/mol. The molecule has 0 heterocycles. The number of aliphatic hydroxyl groups excluding tert-OH is 1. The molecule has 0 aliphatic heterocycles. The summed E-state index contributed by atoms with van der Waals surface area (Å²) in [5.41, 5.74) is 0.849. The van der Waals surface area contributed by atoms with Gasteiger partial charge in [-0.25, -0.2) is 0 Å². The molecule has 0 aliphatic rings. The van der Waals surface area contributed by atoms with E-state index in [0.29, 0.717) is 19.6 Å². The standard InChI is InChI=1S/C13H18O4/c1-2-12(15)10-16-7-8-17-13-5-3-11(9-14)4-6-13/h3-6,14H,2,7-10H2,1H3. The van der Waals surface area contributed by atoms with Gasteiger partial charge in [0.2, 0.25) is 0 Å². The maximum absolute atomic E-state index is 10.9. The van der Waals surface area contributed by atoms with Crippen molar-refractivity contribution in [1.29, 1.82) is 0 Å². The summed E-state index contributed by atoms with van der Waals surface area (Å²) in [5, 5.41) is 8.86. The molecule has 1 rings (SSSR count). The average Bonchev–Trinajstić information content (AvgIpc) is 2.38. The van der Waals surface area contributed by atoms with Gasteiger partial charge in [-0.05, 0) is 17.7 Å². The first-order valence-electron chi connectivity index (χ1n) is 5.68. The van der Waals surface area contributed by atoms with Crippen LogP contribution in [0.2, 0.25) is 0 Å². The van der Waals surface area contributed by atoms with Crippen molar-refractivity contribution in [2.45, 2.75) is 20.0 Å². The van der Waals surface area contributed by atoms with Crippen LogP contribution in [0.15, 0.2) is 24.3 Å². The van der Waals surface area contributed by atoms with Gasteiger partial charge in [0.05, 0.1) is 13.2 Å². The maximum atomic E-state index is 10.9. The van der Waals surface area contributed by atoms with Gasteiger partial charge in [0, 0.05) is 6.42 Å². The zero-order valence-corrected chi connectivity index (χ0v) is 10.0. The smallest absolute Gasteiger partial charge is 0.158 e. The number of hydrogen-bond acceptors (Lipinski definition) is 4. The molecule has 0 atom stereocenters. The van der Waals surface area contributed by atoms with E-state index in [1.165, 1.54) is 0 Å². The minimum absolute atomic E-state index is 0.0303. The third kappa shape index (κ3) is 5.47. The molecule has 4 nitrogen and oxygen atoms in total. The van der Waals surface area contributed by atoms with E-state index in [4.69, 9.17) is 14.6 Å². The zero-order valence-electron chi connectivity index (χ0n) is 10.0. The lowest BCUT2D eigenvalue weighted by Gasteiger charge is -2.07. The summed E-state index contributed by atoms with van der Waals surface area (Å²) in [4.78, 5) is 10.9. The van der Waals surface area contributed by atoms with Crippen LogP contribution in [0.3, 0.4) is 0 Å². The van der Waals surface area contributed by atoms with Crippen LogP contribution < -0.4 is 4.74 Å². The molecule has 0 amide bonds. The molecule has 17 heavy (non-hydrogen) atoms. The average molecular weight is 238 g/mol. The van der Waals surface area contributed by atoms with Crippen LogP contribution in [0, 0.1) is 0 Å². The Hall–Kier alpha value is -1.39. The Morgan fingerprint density at radius 1 is 1.24 bits per heavy atom. The third-order valence-electron chi connectivity index (χ3n) is 2.26. The highest BCUT2D eigenvalue weighted by Gasteiger charge is 1.98. The Morgan fingerprint density at radius 2 is 1.94 bits per heavy atom. The highest BCUT2D eigenvalue weighted by molar-refractivity contribution is 5.79. The van der Waals surface area contributed by atoms with Crippen molar-refractivity contribution < 1.29 is 19.4 Å². The summed E-state index contributed by atoms with van der Waals surface area (Å²) in [6.45, 7) is 2.81. The normalized spacial score (nSPS) is 10.2. The number of hydrogen-bond donors (Lipinski definition) is 1. The molecule has 1 aromatic rings. The molecule has 4 heteroatoms. The van der Waals surface area contributed by atoms with Crippen molar-refractivity contribution in [2.24, 2.45) is 0 Å². The van der Waals surface area contributed by atoms with E-state index in [9.17, 15) is 4.79 Å². The van der Waals surface area contributed by atoms with Crippen molar-refractivity contribution in [3.63, 3.8) is 0 Å². The van der Waals surface area contributed by atoms with Crippen LogP contribution in [-0.4, -0.2) is 30.7 Å². The molecule has 0 unspecified atom stereocenters. The summed E-state index contributed by atoms with van der Waals surface area (Å²) in [5.74, 6) is 0.824. The molecule has 0 saturated carbocycles. The minimum atomic E-state index is 0.0303. The molecule has 94 valence electrons. The highest BCUT2D eigenvalue weighted by Crippen LogP contribution is 2.11. The fourth-order valence-electron chi connectivity index (χ4n) is 1.20. The molecule has 0 bridgehead atoms. The van der Waals surface area contributed by atoms with Crippen molar-refractivity contribution in [1.82, 2.24) is 0 Å². The van der Waals surface area contributed by atoms with Gasteiger partial charge in [0.1, 0.15) is 19.0 Å². The van der Waals surface area contributed by atoms with Crippen LogP contribution >= 0.6 is 0 Å². The number of carbonyl (C=O) groups is 1. The first kappa shape index (κ1) is 13.7. The van der Waals surface area contributed by atoms with E-state index in [2.05, 4.69) is 0 Å². The summed E-state index contributed by atoms with van der Waals surface area (Å²) >= 11 is 0. The number of Topliss-reactive ketones (excluding diaryl/α,β-unsaturated/α-hetero) is 1. The topological polar surface area (TPSA) is 55.8 Å². The van der Waals surface area contributed by atoms with Gasteiger partial charge in [-0.2, -0.15) is 0 Å². The van der Waals surface area contributed by atoms with Crippen molar-refractivity contribution in [3.05, 3.63) is 29.8 Å². The highest BCUT2D eigenvalue weighted by atomic mass is 16.5. The quantitative estimate of drug-likeness (QED) is 0.698. The number of ether oxygens (including phenoxy) is 2. The molecule has 1 N–H and O–H groups in total. The predicted molar refractivity (Wildman–Crippen MR) is 64.0 cm³/mol. The van der Waals surface area contributed by atoms with Crippen LogP contribution in [0.4, 0.5) is 0 Å². The fraction of sp³-hybridized carbons (Fsp3) is 0.462. The van der Waals surface area contributed by atoms with Gasteiger partial charge in [-0.1, -0.05) is 19.1 Å². The van der Waals surface area contributed by atoms with Crippen LogP contribution in [0.1, 0.15) is 18.9 Å². The second-order valence-electron chi connectivity index (χ2n) is 3.60. The number of ketones is 1. The largest absolute Gasteiger partial charge is 0.491 e. The van der Waals surface area contributed by atoms with Crippen LogP contribution in [0.25, 0.3) is 0 Å². The molecule has 1 aromatic carbocycles. The predicted octanol–water partition coefficient (Wildman–Crippen LogP) is 1.55. The second-order valence-corrected chi connectivity index (χ2v) is 3.60. The van der Waals surface area contributed by atoms with E-state index in [1.54, 1.807) is 24.3 Å². The van der Waals surface area contributed by atoms with Gasteiger partial charge in [0.25, 0.3) is 0 Å². The van der Waals surface area contributed by atoms with Crippen molar-refractivity contribution >= 4 is 5.78 Å². The Morgan fingerprint density at radius 3 is 2.53 bits per heavy atom. The van der Waals surface area contributed by atoms with E-state index in [0.717, 1.165) is 11.3 Å².